The van der Waals surface area contributed by atoms with Crippen LogP contribution in [0.15, 0.2) is 30.6 Å². The van der Waals surface area contributed by atoms with Crippen LogP contribution in [0.2, 0.25) is 0 Å². The van der Waals surface area contributed by atoms with Crippen LogP contribution >= 0.6 is 0 Å². The van der Waals surface area contributed by atoms with Crippen LogP contribution in [0.3, 0.4) is 0 Å². The molecule has 0 radical (unpaired) electrons. The van der Waals surface area contributed by atoms with Gasteiger partial charge in [-0.3, -0.25) is 0 Å². The topological polar surface area (TPSA) is 29.9 Å². The maximum Gasteiger partial charge on any atom is 0.123 e. The summed E-state index contributed by atoms with van der Waals surface area (Å²) in [6.45, 7) is 3.88. The van der Waals surface area contributed by atoms with Crippen molar-refractivity contribution in [3.05, 3.63) is 53.4 Å². The van der Waals surface area contributed by atoms with E-state index in [1.165, 1.54) is 12.8 Å². The van der Waals surface area contributed by atoms with E-state index in [2.05, 4.69) is 21.8 Å². The molecule has 3 rings (SSSR count). The highest BCUT2D eigenvalue weighted by Crippen LogP contribution is 2.21. The number of nitrogens with zero attached hydrogens (tertiary/aromatic N) is 2. The van der Waals surface area contributed by atoms with E-state index in [0.29, 0.717) is 6.04 Å². The fourth-order valence-electron chi connectivity index (χ4n) is 2.60. The quantitative estimate of drug-likeness (QED) is 0.847. The van der Waals surface area contributed by atoms with E-state index in [1.54, 1.807) is 12.1 Å². The van der Waals surface area contributed by atoms with Crippen LogP contribution in [-0.4, -0.2) is 15.6 Å². The predicted molar refractivity (Wildman–Crippen MR) is 81.6 cm³/mol. The second kappa shape index (κ2) is 6.39. The lowest BCUT2D eigenvalue weighted by molar-refractivity contribution is 0.615. The Balaban J connectivity index is 1.77. The Bertz CT molecular complexity index is 602. The van der Waals surface area contributed by atoms with E-state index >= 15 is 0 Å². The first kappa shape index (κ1) is 14.3. The average molecular weight is 287 g/mol. The van der Waals surface area contributed by atoms with Crippen molar-refractivity contribution < 1.29 is 4.39 Å². The zero-order valence-electron chi connectivity index (χ0n) is 12.5. The van der Waals surface area contributed by atoms with E-state index in [-0.39, 0.29) is 5.82 Å². The Hall–Kier alpha value is -1.68. The van der Waals surface area contributed by atoms with Crippen LogP contribution in [0.1, 0.15) is 43.1 Å². The minimum atomic E-state index is -0.164. The van der Waals surface area contributed by atoms with Gasteiger partial charge in [0.05, 0.1) is 0 Å². The first-order valence-electron chi connectivity index (χ1n) is 7.77. The molecule has 0 aliphatic heterocycles. The Morgan fingerprint density at radius 2 is 2.19 bits per heavy atom. The van der Waals surface area contributed by atoms with Gasteiger partial charge in [-0.1, -0.05) is 13.0 Å². The summed E-state index contributed by atoms with van der Waals surface area (Å²) in [5.74, 6) is 0.888. The summed E-state index contributed by atoms with van der Waals surface area (Å²) in [5.41, 5.74) is 2.21. The van der Waals surface area contributed by atoms with Gasteiger partial charge in [0.1, 0.15) is 11.6 Å². The molecule has 3 nitrogen and oxygen atoms in total. The second-order valence-corrected chi connectivity index (χ2v) is 5.78. The molecule has 1 aromatic heterocycles. The van der Waals surface area contributed by atoms with E-state index in [4.69, 9.17) is 0 Å². The first-order valence-corrected chi connectivity index (χ1v) is 7.77. The minimum absolute atomic E-state index is 0.164. The van der Waals surface area contributed by atoms with Gasteiger partial charge in [0.15, 0.2) is 0 Å². The number of hydrogen-bond donors (Lipinski definition) is 1. The monoisotopic (exact) mass is 287 g/mol. The number of aryl methyl sites for hydroxylation is 1. The lowest BCUT2D eigenvalue weighted by Gasteiger charge is -2.12. The lowest BCUT2D eigenvalue weighted by atomic mass is 10.0. The van der Waals surface area contributed by atoms with Crippen molar-refractivity contribution in [2.24, 2.45) is 0 Å². The molecule has 0 spiro atoms. The molecule has 1 aliphatic carbocycles. The number of rotatable bonds is 7. The first-order chi connectivity index (χ1) is 10.3. The molecule has 1 fully saturated rings. The molecule has 1 heterocycles. The molecular formula is C17H22FN3. The summed E-state index contributed by atoms with van der Waals surface area (Å²) >= 11 is 0. The predicted octanol–water partition coefficient (Wildman–Crippen LogP) is 3.28. The summed E-state index contributed by atoms with van der Waals surface area (Å²) in [6.07, 6.45) is 8.19. The molecule has 21 heavy (non-hydrogen) atoms. The highest BCUT2D eigenvalue weighted by atomic mass is 19.1. The Morgan fingerprint density at radius 1 is 1.33 bits per heavy atom. The van der Waals surface area contributed by atoms with E-state index < -0.39 is 0 Å². The fraction of sp³-hybridized carbons (Fsp3) is 0.471. The van der Waals surface area contributed by atoms with Crippen molar-refractivity contribution in [1.82, 2.24) is 14.9 Å². The zero-order valence-corrected chi connectivity index (χ0v) is 12.5. The van der Waals surface area contributed by atoms with Gasteiger partial charge in [0.2, 0.25) is 0 Å². The number of halogens is 1. The molecule has 1 saturated carbocycles. The second-order valence-electron chi connectivity index (χ2n) is 5.78. The maximum absolute atomic E-state index is 13.5. The normalized spacial score (nSPS) is 14.6. The standard InChI is InChI=1S/C17H22FN3/c1-2-8-21-9-7-19-17(21)11-13-3-4-15(18)10-14(13)12-20-16-5-6-16/h3-4,7,9-10,16,20H,2,5-6,8,11-12H2,1H3. The molecule has 0 unspecified atom stereocenters. The zero-order chi connectivity index (χ0) is 14.7. The van der Waals surface area contributed by atoms with E-state index in [1.807, 2.05) is 18.5 Å². The molecule has 1 N–H and O–H groups in total. The number of hydrogen-bond acceptors (Lipinski definition) is 2. The maximum atomic E-state index is 13.5. The summed E-state index contributed by atoms with van der Waals surface area (Å²) in [5, 5.41) is 3.47. The minimum Gasteiger partial charge on any atom is -0.335 e. The highest BCUT2D eigenvalue weighted by molar-refractivity contribution is 5.30. The van der Waals surface area contributed by atoms with Gasteiger partial charge in [0, 0.05) is 37.9 Å². The molecule has 1 aromatic carbocycles. The Kier molecular flexibility index (Phi) is 4.34. The third-order valence-electron chi connectivity index (χ3n) is 3.94. The number of imidazole rings is 1. The number of nitrogens with one attached hydrogen (secondary N) is 1. The van der Waals surface area contributed by atoms with Gasteiger partial charge in [-0.05, 0) is 42.5 Å². The van der Waals surface area contributed by atoms with E-state index in [0.717, 1.165) is 42.9 Å². The summed E-state index contributed by atoms with van der Waals surface area (Å²) in [6, 6.07) is 5.72. The SMILES string of the molecule is CCCn1ccnc1Cc1ccc(F)cc1CNC1CC1. The molecule has 0 bridgehead atoms. The van der Waals surface area contributed by atoms with Gasteiger partial charge in [-0.15, -0.1) is 0 Å². The third kappa shape index (κ3) is 3.70. The van der Waals surface area contributed by atoms with Gasteiger partial charge < -0.3 is 9.88 Å². The third-order valence-corrected chi connectivity index (χ3v) is 3.94. The van der Waals surface area contributed by atoms with Crippen molar-refractivity contribution in [3.63, 3.8) is 0 Å². The van der Waals surface area contributed by atoms with Gasteiger partial charge >= 0.3 is 0 Å². The molecule has 0 atom stereocenters. The van der Waals surface area contributed by atoms with E-state index in [9.17, 15) is 4.39 Å². The average Bonchev–Trinajstić information content (AvgIpc) is 3.21. The van der Waals surface area contributed by atoms with Crippen molar-refractivity contribution in [1.29, 1.82) is 0 Å². The van der Waals surface area contributed by atoms with Crippen LogP contribution in [0, 0.1) is 5.82 Å². The molecule has 2 aromatic rings. The Labute approximate surface area is 125 Å². The van der Waals surface area contributed by atoms with Crippen LogP contribution < -0.4 is 5.32 Å². The fourth-order valence-corrected chi connectivity index (χ4v) is 2.60. The van der Waals surface area contributed by atoms with Gasteiger partial charge in [-0.2, -0.15) is 0 Å². The van der Waals surface area contributed by atoms with Crippen molar-refractivity contribution in [2.75, 3.05) is 0 Å². The van der Waals surface area contributed by atoms with Crippen LogP contribution in [0.5, 0.6) is 0 Å². The molecule has 112 valence electrons. The number of benzene rings is 1. The van der Waals surface area contributed by atoms with Gasteiger partial charge in [0.25, 0.3) is 0 Å². The largest absolute Gasteiger partial charge is 0.335 e. The van der Waals surface area contributed by atoms with Crippen LogP contribution in [-0.2, 0) is 19.5 Å². The molecule has 4 heteroatoms. The number of aromatic nitrogens is 2. The van der Waals surface area contributed by atoms with Crippen molar-refractivity contribution in [2.45, 2.75) is 51.7 Å². The lowest BCUT2D eigenvalue weighted by Crippen LogP contribution is -2.17. The summed E-state index contributed by atoms with van der Waals surface area (Å²) in [7, 11) is 0. The summed E-state index contributed by atoms with van der Waals surface area (Å²) < 4.78 is 15.7. The van der Waals surface area contributed by atoms with Crippen molar-refractivity contribution >= 4 is 0 Å². The molecule has 1 aliphatic rings. The summed E-state index contributed by atoms with van der Waals surface area (Å²) in [4.78, 5) is 4.45. The molecule has 0 saturated heterocycles. The van der Waals surface area contributed by atoms with Gasteiger partial charge in [-0.25, -0.2) is 9.37 Å². The van der Waals surface area contributed by atoms with Crippen LogP contribution in [0.25, 0.3) is 0 Å². The Morgan fingerprint density at radius 3 is 2.95 bits per heavy atom. The smallest absolute Gasteiger partial charge is 0.123 e. The molecular weight excluding hydrogens is 265 g/mol. The molecule has 0 amide bonds. The highest BCUT2D eigenvalue weighted by Gasteiger charge is 2.20. The van der Waals surface area contributed by atoms with Crippen molar-refractivity contribution in [3.8, 4) is 0 Å². The van der Waals surface area contributed by atoms with Crippen LogP contribution in [0.4, 0.5) is 4.39 Å².